The standard InChI is InChI=1S/C42H45ClN2/c1-6-12-29(4)44-37-20-10-16-31-14-8-18-35(40(31)37)28(3)22-23-33-24-25-34(42(33)43)26-27-38-36-19-9-15-32-17-11-21-39(41(32)36)45(38)30(5)13-7-2/h8-11,14-23,26-27,29-30,44H,3,6-7,12-13,24-25H2,1-2,4-5H3. The maximum Gasteiger partial charge on any atom is 0.0499 e. The number of hydrogen-bond acceptors (Lipinski definition) is 1. The summed E-state index contributed by atoms with van der Waals surface area (Å²) in [6, 6.07) is 27.1. The van der Waals surface area contributed by atoms with Crippen molar-refractivity contribution in [2.24, 2.45) is 0 Å². The molecule has 0 bridgehead atoms. The predicted octanol–water partition coefficient (Wildman–Crippen LogP) is 11.9. The van der Waals surface area contributed by atoms with Crippen molar-refractivity contribution in [3.8, 4) is 0 Å². The van der Waals surface area contributed by atoms with E-state index in [1.165, 1.54) is 54.6 Å². The van der Waals surface area contributed by atoms with Crippen molar-refractivity contribution < 1.29 is 0 Å². The fourth-order valence-corrected chi connectivity index (χ4v) is 7.48. The summed E-state index contributed by atoms with van der Waals surface area (Å²) in [4.78, 5) is 0. The SMILES string of the molecule is C=C(C=CC1=C(Cl)C(=CC=c2c3cccc4cccc(c43)n2C(C)CCC)CC1)c1cccc2cccc(NC(C)CCC)c12. The summed E-state index contributed by atoms with van der Waals surface area (Å²) < 4.78 is 2.53. The Hall–Kier alpha value is -4.01. The summed E-state index contributed by atoms with van der Waals surface area (Å²) in [5, 5.41) is 12.3. The van der Waals surface area contributed by atoms with Gasteiger partial charge in [0.1, 0.15) is 0 Å². The molecule has 5 aromatic rings. The first-order valence-corrected chi connectivity index (χ1v) is 17.1. The van der Waals surface area contributed by atoms with Crippen LogP contribution in [0.5, 0.6) is 0 Å². The van der Waals surface area contributed by atoms with Gasteiger partial charge in [0.2, 0.25) is 0 Å². The summed E-state index contributed by atoms with van der Waals surface area (Å²) in [6.45, 7) is 13.6. The van der Waals surface area contributed by atoms with Crippen molar-refractivity contribution >= 4 is 61.4 Å². The molecule has 1 N–H and O–H groups in total. The minimum Gasteiger partial charge on any atom is -0.382 e. The van der Waals surface area contributed by atoms with Gasteiger partial charge in [-0.15, -0.1) is 0 Å². The molecule has 0 saturated carbocycles. The Morgan fingerprint density at radius 2 is 1.56 bits per heavy atom. The van der Waals surface area contributed by atoms with Crippen molar-refractivity contribution in [3.05, 3.63) is 125 Å². The number of anilines is 1. The number of hydrogen-bond donors (Lipinski definition) is 1. The Morgan fingerprint density at radius 1 is 0.867 bits per heavy atom. The average molecular weight is 613 g/mol. The molecule has 6 rings (SSSR count). The molecule has 0 fully saturated rings. The minimum atomic E-state index is 0.411. The van der Waals surface area contributed by atoms with Crippen LogP contribution in [0.15, 0.2) is 114 Å². The van der Waals surface area contributed by atoms with Crippen molar-refractivity contribution in [1.29, 1.82) is 0 Å². The quantitative estimate of drug-likeness (QED) is 0.147. The molecular weight excluding hydrogens is 568 g/mol. The fraction of sp³-hybridized carbons (Fsp3) is 0.286. The van der Waals surface area contributed by atoms with Crippen molar-refractivity contribution in [1.82, 2.24) is 4.57 Å². The highest BCUT2D eigenvalue weighted by atomic mass is 35.5. The van der Waals surface area contributed by atoms with Crippen molar-refractivity contribution in [2.75, 3.05) is 5.32 Å². The van der Waals surface area contributed by atoms with Crippen LogP contribution in [0.4, 0.5) is 5.69 Å². The van der Waals surface area contributed by atoms with Gasteiger partial charge in [-0.1, -0.05) is 124 Å². The molecule has 0 spiro atoms. The summed E-state index contributed by atoms with van der Waals surface area (Å²) in [6.07, 6.45) is 15.3. The Bertz CT molecular complexity index is 2010. The number of rotatable bonds is 11. The van der Waals surface area contributed by atoms with E-state index in [4.69, 9.17) is 11.6 Å². The van der Waals surface area contributed by atoms with Crippen LogP contribution in [0.25, 0.3) is 44.1 Å². The van der Waals surface area contributed by atoms with Gasteiger partial charge < -0.3 is 9.88 Å². The first-order chi connectivity index (χ1) is 21.9. The molecule has 1 aliphatic carbocycles. The van der Waals surface area contributed by atoms with Crippen LogP contribution in [-0.4, -0.2) is 10.6 Å². The van der Waals surface area contributed by atoms with Gasteiger partial charge in [-0.2, -0.15) is 0 Å². The lowest BCUT2D eigenvalue weighted by Crippen LogP contribution is -2.20. The number of halogens is 1. The van der Waals surface area contributed by atoms with Gasteiger partial charge >= 0.3 is 0 Å². The first-order valence-electron chi connectivity index (χ1n) is 16.7. The Kier molecular flexibility index (Phi) is 9.33. The van der Waals surface area contributed by atoms with E-state index in [1.807, 2.05) is 0 Å². The molecule has 4 aromatic carbocycles. The van der Waals surface area contributed by atoms with E-state index in [0.717, 1.165) is 54.7 Å². The highest BCUT2D eigenvalue weighted by Gasteiger charge is 2.18. The van der Waals surface area contributed by atoms with Crippen LogP contribution in [0.2, 0.25) is 0 Å². The second kappa shape index (κ2) is 13.5. The van der Waals surface area contributed by atoms with Crippen LogP contribution in [0.3, 0.4) is 0 Å². The first kappa shape index (κ1) is 31.0. The molecule has 2 unspecified atom stereocenters. The van der Waals surface area contributed by atoms with Gasteiger partial charge in [0.15, 0.2) is 0 Å². The molecule has 2 atom stereocenters. The summed E-state index contributed by atoms with van der Waals surface area (Å²) in [7, 11) is 0. The summed E-state index contributed by atoms with van der Waals surface area (Å²) in [5.74, 6) is 0. The van der Waals surface area contributed by atoms with Gasteiger partial charge in [0.25, 0.3) is 0 Å². The Labute approximate surface area is 273 Å². The highest BCUT2D eigenvalue weighted by molar-refractivity contribution is 6.33. The zero-order chi connectivity index (χ0) is 31.5. The smallest absolute Gasteiger partial charge is 0.0499 e. The molecule has 3 heteroatoms. The predicted molar refractivity (Wildman–Crippen MR) is 199 cm³/mol. The maximum absolute atomic E-state index is 7.06. The van der Waals surface area contributed by atoms with Gasteiger partial charge in [-0.05, 0) is 90.8 Å². The number of aromatic nitrogens is 1. The second-order valence-corrected chi connectivity index (χ2v) is 13.1. The van der Waals surface area contributed by atoms with E-state index in [-0.39, 0.29) is 0 Å². The van der Waals surface area contributed by atoms with E-state index in [2.05, 4.69) is 141 Å². The average Bonchev–Trinajstić information content (AvgIpc) is 3.56. The van der Waals surface area contributed by atoms with Gasteiger partial charge in [-0.25, -0.2) is 0 Å². The molecule has 1 heterocycles. The number of nitrogens with zero attached hydrogens (tertiary/aromatic N) is 1. The van der Waals surface area contributed by atoms with Crippen molar-refractivity contribution in [3.63, 3.8) is 0 Å². The molecule has 2 nitrogen and oxygen atoms in total. The molecule has 230 valence electrons. The van der Waals surface area contributed by atoms with Crippen LogP contribution in [-0.2, 0) is 0 Å². The molecule has 45 heavy (non-hydrogen) atoms. The van der Waals surface area contributed by atoms with E-state index >= 15 is 0 Å². The third-order valence-corrected chi connectivity index (χ3v) is 9.84. The number of allylic oxidation sites excluding steroid dienone is 7. The molecule has 1 aromatic heterocycles. The molecule has 0 aliphatic heterocycles. The summed E-state index contributed by atoms with van der Waals surface area (Å²) >= 11 is 7.06. The number of benzene rings is 4. The number of fused-ring (bicyclic) bond motifs is 1. The molecule has 1 aliphatic rings. The Morgan fingerprint density at radius 3 is 2.31 bits per heavy atom. The van der Waals surface area contributed by atoms with Crippen LogP contribution < -0.4 is 10.7 Å². The van der Waals surface area contributed by atoms with Crippen LogP contribution in [0, 0.1) is 0 Å². The van der Waals surface area contributed by atoms with E-state index in [9.17, 15) is 0 Å². The molecule has 0 amide bonds. The minimum absolute atomic E-state index is 0.411. The van der Waals surface area contributed by atoms with Gasteiger partial charge in [0.05, 0.1) is 0 Å². The third-order valence-electron chi connectivity index (χ3n) is 9.35. The normalized spacial score (nSPS) is 16.6. The van der Waals surface area contributed by atoms with Crippen molar-refractivity contribution in [2.45, 2.75) is 78.3 Å². The lowest BCUT2D eigenvalue weighted by Gasteiger charge is -2.18. The fourth-order valence-electron chi connectivity index (χ4n) is 7.16. The largest absolute Gasteiger partial charge is 0.382 e. The lowest BCUT2D eigenvalue weighted by atomic mass is 9.96. The number of nitrogens with one attached hydrogen (secondary N) is 1. The van der Waals surface area contributed by atoms with Gasteiger partial charge in [0, 0.05) is 49.8 Å². The molecule has 0 radical (unpaired) electrons. The van der Waals surface area contributed by atoms with Gasteiger partial charge in [-0.3, -0.25) is 0 Å². The topological polar surface area (TPSA) is 17.0 Å². The van der Waals surface area contributed by atoms with E-state index in [0.29, 0.717) is 12.1 Å². The monoisotopic (exact) mass is 612 g/mol. The van der Waals surface area contributed by atoms with E-state index < -0.39 is 0 Å². The highest BCUT2D eigenvalue weighted by Crippen LogP contribution is 2.37. The van der Waals surface area contributed by atoms with Crippen LogP contribution in [0.1, 0.15) is 77.8 Å². The third kappa shape index (κ3) is 6.14. The zero-order valence-corrected chi connectivity index (χ0v) is 27.9. The second-order valence-electron chi connectivity index (χ2n) is 12.7. The molecular formula is C42H45ClN2. The van der Waals surface area contributed by atoms with Crippen LogP contribution >= 0.6 is 11.6 Å². The maximum atomic E-state index is 7.06. The Balaban J connectivity index is 1.33. The zero-order valence-electron chi connectivity index (χ0n) is 27.2. The summed E-state index contributed by atoms with van der Waals surface area (Å²) in [5.41, 5.74) is 7.00. The molecule has 0 saturated heterocycles. The lowest BCUT2D eigenvalue weighted by molar-refractivity contribution is 0.507. The van der Waals surface area contributed by atoms with E-state index in [1.54, 1.807) is 0 Å².